The number of amides is 1. The lowest BCUT2D eigenvalue weighted by Gasteiger charge is -2.03. The molecule has 2 rings (SSSR count). The molecule has 1 amide bonds. The molecule has 1 N–H and O–H groups in total. The molecule has 0 spiro atoms. The van der Waals surface area contributed by atoms with Crippen LogP contribution in [0.2, 0.25) is 5.15 Å². The van der Waals surface area contributed by atoms with Gasteiger partial charge >= 0.3 is 0 Å². The minimum Gasteiger partial charge on any atom is -0.311 e. The highest BCUT2D eigenvalue weighted by atomic mass is 35.5. The second-order valence-electron chi connectivity index (χ2n) is 3.71. The van der Waals surface area contributed by atoms with Gasteiger partial charge in [0.25, 0.3) is 0 Å². The van der Waals surface area contributed by atoms with E-state index >= 15 is 0 Å². The number of hydrogen-bond acceptors (Lipinski definition) is 4. The van der Waals surface area contributed by atoms with Crippen LogP contribution in [0.5, 0.6) is 0 Å². The third kappa shape index (κ3) is 4.09. The first-order valence-electron chi connectivity index (χ1n) is 5.54. The molecule has 4 nitrogen and oxygen atoms in total. The molecule has 0 aliphatic rings. The van der Waals surface area contributed by atoms with Gasteiger partial charge in [0.1, 0.15) is 17.3 Å². The number of anilines is 1. The molecule has 2 aromatic heterocycles. The molecule has 0 saturated heterocycles. The van der Waals surface area contributed by atoms with Crippen LogP contribution >= 0.6 is 22.9 Å². The monoisotopic (exact) mass is 281 g/mol. The zero-order valence-electron chi connectivity index (χ0n) is 9.60. The van der Waals surface area contributed by atoms with E-state index in [9.17, 15) is 4.79 Å². The summed E-state index contributed by atoms with van der Waals surface area (Å²) in [7, 11) is 0. The average Bonchev–Trinajstić information content (AvgIpc) is 2.82. The van der Waals surface area contributed by atoms with Crippen LogP contribution < -0.4 is 5.32 Å². The SMILES string of the molecule is O=C(CCCc1cccs1)Nc1cc(Cl)ncn1. The molecule has 0 fully saturated rings. The van der Waals surface area contributed by atoms with Gasteiger partial charge in [-0.3, -0.25) is 4.79 Å². The maximum Gasteiger partial charge on any atom is 0.225 e. The van der Waals surface area contributed by atoms with Crippen molar-refractivity contribution in [1.82, 2.24) is 9.97 Å². The Hall–Kier alpha value is -1.46. The minimum absolute atomic E-state index is 0.0543. The summed E-state index contributed by atoms with van der Waals surface area (Å²) >= 11 is 7.41. The van der Waals surface area contributed by atoms with Crippen LogP contribution in [0.4, 0.5) is 5.82 Å². The number of carbonyl (C=O) groups excluding carboxylic acids is 1. The van der Waals surface area contributed by atoms with Crippen molar-refractivity contribution in [3.63, 3.8) is 0 Å². The molecule has 2 aromatic rings. The number of aromatic nitrogens is 2. The van der Waals surface area contributed by atoms with Crippen molar-refractivity contribution in [2.24, 2.45) is 0 Å². The van der Waals surface area contributed by atoms with Gasteiger partial charge in [0.2, 0.25) is 5.91 Å². The highest BCUT2D eigenvalue weighted by Gasteiger charge is 2.04. The summed E-state index contributed by atoms with van der Waals surface area (Å²) in [5.41, 5.74) is 0. The van der Waals surface area contributed by atoms with Crippen molar-refractivity contribution in [2.75, 3.05) is 5.32 Å². The molecule has 0 aromatic carbocycles. The number of thiophene rings is 1. The van der Waals surface area contributed by atoms with E-state index in [0.29, 0.717) is 17.4 Å². The van der Waals surface area contributed by atoms with E-state index in [2.05, 4.69) is 21.4 Å². The molecule has 0 bridgehead atoms. The molecule has 0 atom stereocenters. The van der Waals surface area contributed by atoms with Crippen molar-refractivity contribution in [3.05, 3.63) is 39.9 Å². The number of nitrogens with zero attached hydrogens (tertiary/aromatic N) is 2. The molecule has 18 heavy (non-hydrogen) atoms. The maximum absolute atomic E-state index is 11.6. The quantitative estimate of drug-likeness (QED) is 0.857. The highest BCUT2D eigenvalue weighted by molar-refractivity contribution is 7.09. The minimum atomic E-state index is -0.0543. The summed E-state index contributed by atoms with van der Waals surface area (Å²) in [5.74, 6) is 0.387. The molecule has 2 heterocycles. The number of nitrogens with one attached hydrogen (secondary N) is 1. The Balaban J connectivity index is 1.75. The van der Waals surface area contributed by atoms with Crippen molar-refractivity contribution in [1.29, 1.82) is 0 Å². The van der Waals surface area contributed by atoms with Crippen molar-refractivity contribution >= 4 is 34.7 Å². The zero-order chi connectivity index (χ0) is 12.8. The van der Waals surface area contributed by atoms with Gasteiger partial charge in [0.15, 0.2) is 0 Å². The summed E-state index contributed by atoms with van der Waals surface area (Å²) < 4.78 is 0. The molecule has 0 aliphatic heterocycles. The summed E-state index contributed by atoms with van der Waals surface area (Å²) in [6.45, 7) is 0. The van der Waals surface area contributed by atoms with Crippen LogP contribution in [0.15, 0.2) is 29.9 Å². The molecule has 0 saturated carbocycles. The molecule has 94 valence electrons. The Bertz CT molecular complexity index is 516. The van der Waals surface area contributed by atoms with Crippen LogP contribution in [-0.4, -0.2) is 15.9 Å². The lowest BCUT2D eigenvalue weighted by atomic mass is 10.2. The van der Waals surface area contributed by atoms with Crippen LogP contribution in [-0.2, 0) is 11.2 Å². The van der Waals surface area contributed by atoms with Gasteiger partial charge in [-0.05, 0) is 24.3 Å². The van der Waals surface area contributed by atoms with E-state index in [1.54, 1.807) is 11.3 Å². The molecule has 0 aliphatic carbocycles. The summed E-state index contributed by atoms with van der Waals surface area (Å²) in [6, 6.07) is 5.62. The van der Waals surface area contributed by atoms with E-state index in [1.807, 2.05) is 11.4 Å². The highest BCUT2D eigenvalue weighted by Crippen LogP contribution is 2.13. The third-order valence-electron chi connectivity index (χ3n) is 2.31. The number of hydrogen-bond donors (Lipinski definition) is 1. The van der Waals surface area contributed by atoms with Gasteiger partial charge in [-0.25, -0.2) is 9.97 Å². The smallest absolute Gasteiger partial charge is 0.225 e. The van der Waals surface area contributed by atoms with Gasteiger partial charge < -0.3 is 5.32 Å². The zero-order valence-corrected chi connectivity index (χ0v) is 11.2. The first-order valence-corrected chi connectivity index (χ1v) is 6.79. The molecule has 0 unspecified atom stereocenters. The average molecular weight is 282 g/mol. The fraction of sp³-hybridized carbons (Fsp3) is 0.250. The van der Waals surface area contributed by atoms with Crippen LogP contribution in [0, 0.1) is 0 Å². The van der Waals surface area contributed by atoms with Gasteiger partial charge in [-0.2, -0.15) is 0 Å². The Labute approximate surface area is 114 Å². The van der Waals surface area contributed by atoms with Crippen LogP contribution in [0.25, 0.3) is 0 Å². The summed E-state index contributed by atoms with van der Waals surface area (Å²) in [6.07, 6.45) is 3.55. The molecular weight excluding hydrogens is 270 g/mol. The number of carbonyl (C=O) groups is 1. The standard InChI is InChI=1S/C12H12ClN3OS/c13-10-7-11(15-8-14-10)16-12(17)5-1-3-9-4-2-6-18-9/h2,4,6-8H,1,3,5H2,(H,14,15,16,17). The van der Waals surface area contributed by atoms with E-state index < -0.39 is 0 Å². The predicted molar refractivity (Wildman–Crippen MR) is 72.9 cm³/mol. The second-order valence-corrected chi connectivity index (χ2v) is 5.13. The first-order chi connectivity index (χ1) is 8.74. The second kappa shape index (κ2) is 6.47. The lowest BCUT2D eigenvalue weighted by Crippen LogP contribution is -2.12. The fourth-order valence-corrected chi connectivity index (χ4v) is 2.38. The number of aryl methyl sites for hydroxylation is 1. The van der Waals surface area contributed by atoms with E-state index in [1.165, 1.54) is 17.3 Å². The molecule has 0 radical (unpaired) electrons. The molecular formula is C12H12ClN3OS. The maximum atomic E-state index is 11.6. The number of rotatable bonds is 5. The Morgan fingerprint density at radius 2 is 2.33 bits per heavy atom. The van der Waals surface area contributed by atoms with Crippen LogP contribution in [0.1, 0.15) is 17.7 Å². The van der Waals surface area contributed by atoms with Gasteiger partial charge in [-0.15, -0.1) is 11.3 Å². The van der Waals surface area contributed by atoms with Gasteiger partial charge in [-0.1, -0.05) is 17.7 Å². The van der Waals surface area contributed by atoms with Crippen molar-refractivity contribution < 1.29 is 4.79 Å². The van der Waals surface area contributed by atoms with Crippen molar-refractivity contribution in [2.45, 2.75) is 19.3 Å². The Morgan fingerprint density at radius 1 is 1.44 bits per heavy atom. The predicted octanol–water partition coefficient (Wildman–Crippen LogP) is 3.15. The lowest BCUT2D eigenvalue weighted by molar-refractivity contribution is -0.116. The third-order valence-corrected chi connectivity index (χ3v) is 3.45. The summed E-state index contributed by atoms with van der Waals surface area (Å²) in [4.78, 5) is 20.6. The van der Waals surface area contributed by atoms with E-state index in [0.717, 1.165) is 12.8 Å². The van der Waals surface area contributed by atoms with E-state index in [-0.39, 0.29) is 5.91 Å². The topological polar surface area (TPSA) is 54.9 Å². The normalized spacial score (nSPS) is 10.3. The van der Waals surface area contributed by atoms with Gasteiger partial charge in [0, 0.05) is 17.4 Å². The Morgan fingerprint density at radius 3 is 3.06 bits per heavy atom. The molecule has 6 heteroatoms. The van der Waals surface area contributed by atoms with Gasteiger partial charge in [0.05, 0.1) is 0 Å². The number of halogens is 1. The Kier molecular flexibility index (Phi) is 4.66. The fourth-order valence-electron chi connectivity index (χ4n) is 1.49. The largest absolute Gasteiger partial charge is 0.311 e. The summed E-state index contributed by atoms with van der Waals surface area (Å²) in [5, 5.41) is 5.05. The first kappa shape index (κ1) is 13.0. The van der Waals surface area contributed by atoms with E-state index in [4.69, 9.17) is 11.6 Å². The van der Waals surface area contributed by atoms with Crippen LogP contribution in [0.3, 0.4) is 0 Å². The van der Waals surface area contributed by atoms with Crippen molar-refractivity contribution in [3.8, 4) is 0 Å².